The topological polar surface area (TPSA) is 42.1 Å². The van der Waals surface area contributed by atoms with Gasteiger partial charge in [-0.05, 0) is 36.6 Å². The summed E-state index contributed by atoms with van der Waals surface area (Å²) in [5.41, 5.74) is 7.17. The summed E-state index contributed by atoms with van der Waals surface area (Å²) in [4.78, 5) is 6.51. The SMILES string of the molecule is CCS/C=C(\N)C#Cc1ccc(N2CCC(F)CC2)nc1. The predicted octanol–water partition coefficient (Wildman–Crippen LogP) is 2.92. The number of nitrogens with zero attached hydrogens (tertiary/aromatic N) is 2. The maximum atomic E-state index is 13.1. The Balaban J connectivity index is 1.98. The van der Waals surface area contributed by atoms with Gasteiger partial charge in [0.1, 0.15) is 12.0 Å². The zero-order valence-electron chi connectivity index (χ0n) is 12.2. The van der Waals surface area contributed by atoms with Crippen molar-refractivity contribution in [2.24, 2.45) is 5.73 Å². The third-order valence-electron chi connectivity index (χ3n) is 3.22. The molecule has 1 saturated heterocycles. The summed E-state index contributed by atoms with van der Waals surface area (Å²) in [5.74, 6) is 7.76. The average molecular weight is 305 g/mol. The standard InChI is InChI=1S/C16H20FN3S/c1-2-21-12-15(18)5-3-13-4-6-16(19-11-13)20-9-7-14(17)8-10-20/h4,6,11-12,14H,2,7-10,18H2,1H3/b15-12-. The van der Waals surface area contributed by atoms with Gasteiger partial charge in [0, 0.05) is 30.3 Å². The van der Waals surface area contributed by atoms with Crippen molar-refractivity contribution in [1.29, 1.82) is 0 Å². The van der Waals surface area contributed by atoms with E-state index in [1.807, 2.05) is 17.5 Å². The summed E-state index contributed by atoms with van der Waals surface area (Å²) in [6.45, 7) is 3.52. The van der Waals surface area contributed by atoms with Gasteiger partial charge in [-0.15, -0.1) is 11.8 Å². The van der Waals surface area contributed by atoms with Gasteiger partial charge < -0.3 is 10.6 Å². The molecule has 5 heteroatoms. The molecule has 1 aliphatic rings. The lowest BCUT2D eigenvalue weighted by molar-refractivity contribution is 0.276. The number of rotatable bonds is 3. The fourth-order valence-electron chi connectivity index (χ4n) is 2.07. The molecule has 3 nitrogen and oxygen atoms in total. The van der Waals surface area contributed by atoms with E-state index in [1.165, 1.54) is 0 Å². The van der Waals surface area contributed by atoms with Crippen LogP contribution in [0.1, 0.15) is 25.3 Å². The molecule has 0 bridgehead atoms. The van der Waals surface area contributed by atoms with Crippen molar-refractivity contribution in [3.8, 4) is 11.8 Å². The van der Waals surface area contributed by atoms with Gasteiger partial charge in [-0.25, -0.2) is 9.37 Å². The highest BCUT2D eigenvalue weighted by molar-refractivity contribution is 8.02. The Labute approximate surface area is 129 Å². The van der Waals surface area contributed by atoms with Crippen LogP contribution >= 0.6 is 11.8 Å². The Bertz CT molecular complexity index is 537. The van der Waals surface area contributed by atoms with Crippen LogP contribution in [0.15, 0.2) is 29.4 Å². The quantitative estimate of drug-likeness (QED) is 0.872. The van der Waals surface area contributed by atoms with Gasteiger partial charge in [0.05, 0.1) is 5.70 Å². The zero-order chi connectivity index (χ0) is 15.1. The van der Waals surface area contributed by atoms with Crippen molar-refractivity contribution < 1.29 is 4.39 Å². The van der Waals surface area contributed by atoms with Gasteiger partial charge in [-0.2, -0.15) is 0 Å². The summed E-state index contributed by atoms with van der Waals surface area (Å²) in [6, 6.07) is 3.86. The minimum absolute atomic E-state index is 0.566. The van der Waals surface area contributed by atoms with Gasteiger partial charge in [-0.3, -0.25) is 0 Å². The Morgan fingerprint density at radius 1 is 1.52 bits per heavy atom. The molecular weight excluding hydrogens is 285 g/mol. The van der Waals surface area contributed by atoms with Crippen LogP contribution in [0.4, 0.5) is 10.2 Å². The van der Waals surface area contributed by atoms with Gasteiger partial charge in [-0.1, -0.05) is 12.8 Å². The van der Waals surface area contributed by atoms with Crippen LogP contribution in [-0.2, 0) is 0 Å². The lowest BCUT2D eigenvalue weighted by atomic mass is 10.1. The molecule has 0 aromatic carbocycles. The van der Waals surface area contributed by atoms with E-state index >= 15 is 0 Å². The maximum Gasteiger partial charge on any atom is 0.128 e. The monoisotopic (exact) mass is 305 g/mol. The van der Waals surface area contributed by atoms with Crippen LogP contribution in [-0.4, -0.2) is 30.0 Å². The molecule has 1 aliphatic heterocycles. The first-order chi connectivity index (χ1) is 10.2. The minimum Gasteiger partial charge on any atom is -0.391 e. The van der Waals surface area contributed by atoms with Gasteiger partial charge in [0.25, 0.3) is 0 Å². The first-order valence-corrected chi connectivity index (χ1v) is 8.18. The summed E-state index contributed by atoms with van der Waals surface area (Å²) in [5, 5.41) is 1.86. The molecule has 1 aromatic heterocycles. The molecule has 2 N–H and O–H groups in total. The molecule has 0 amide bonds. The third kappa shape index (κ3) is 4.98. The number of allylic oxidation sites excluding steroid dienone is 1. The fourth-order valence-corrected chi connectivity index (χ4v) is 2.48. The summed E-state index contributed by atoms with van der Waals surface area (Å²) < 4.78 is 13.1. The minimum atomic E-state index is -0.665. The van der Waals surface area contributed by atoms with Crippen molar-refractivity contribution >= 4 is 17.6 Å². The predicted molar refractivity (Wildman–Crippen MR) is 87.9 cm³/mol. The molecule has 0 radical (unpaired) electrons. The molecule has 21 heavy (non-hydrogen) atoms. The number of pyridine rings is 1. The van der Waals surface area contributed by atoms with Crippen molar-refractivity contribution in [2.75, 3.05) is 23.7 Å². The van der Waals surface area contributed by atoms with E-state index in [0.29, 0.717) is 18.5 Å². The second-order valence-corrected chi connectivity index (χ2v) is 5.99. The zero-order valence-corrected chi connectivity index (χ0v) is 13.0. The molecule has 1 aromatic rings. The van der Waals surface area contributed by atoms with Gasteiger partial charge in [0.2, 0.25) is 0 Å². The van der Waals surface area contributed by atoms with Crippen LogP contribution in [0.3, 0.4) is 0 Å². The number of halogens is 1. The van der Waals surface area contributed by atoms with Crippen molar-refractivity contribution in [3.05, 3.63) is 35.0 Å². The van der Waals surface area contributed by atoms with E-state index in [0.717, 1.165) is 30.2 Å². The Morgan fingerprint density at radius 3 is 2.90 bits per heavy atom. The highest BCUT2D eigenvalue weighted by atomic mass is 32.2. The number of piperidine rings is 1. The van der Waals surface area contributed by atoms with Gasteiger partial charge in [0.15, 0.2) is 0 Å². The van der Waals surface area contributed by atoms with Crippen LogP contribution in [0, 0.1) is 11.8 Å². The second-order valence-electron chi connectivity index (χ2n) is 4.85. The van der Waals surface area contributed by atoms with Crippen molar-refractivity contribution in [1.82, 2.24) is 4.98 Å². The molecule has 1 fully saturated rings. The molecule has 2 rings (SSSR count). The number of nitrogens with two attached hydrogens (primary N) is 1. The molecule has 0 atom stereocenters. The van der Waals surface area contributed by atoms with Crippen LogP contribution < -0.4 is 10.6 Å². The third-order valence-corrected chi connectivity index (χ3v) is 3.98. The average Bonchev–Trinajstić information content (AvgIpc) is 2.52. The molecule has 0 saturated carbocycles. The lowest BCUT2D eigenvalue weighted by Gasteiger charge is -2.29. The van der Waals surface area contributed by atoms with Crippen molar-refractivity contribution in [3.63, 3.8) is 0 Å². The summed E-state index contributed by atoms with van der Waals surface area (Å²) in [7, 11) is 0. The van der Waals surface area contributed by atoms with Crippen LogP contribution in [0.5, 0.6) is 0 Å². The number of hydrogen-bond acceptors (Lipinski definition) is 4. The van der Waals surface area contributed by atoms with E-state index in [9.17, 15) is 4.39 Å². The van der Waals surface area contributed by atoms with E-state index < -0.39 is 6.17 Å². The largest absolute Gasteiger partial charge is 0.391 e. The molecule has 0 unspecified atom stereocenters. The Kier molecular flexibility index (Phi) is 5.94. The molecule has 0 spiro atoms. The van der Waals surface area contributed by atoms with E-state index in [4.69, 9.17) is 5.73 Å². The van der Waals surface area contributed by atoms with E-state index in [1.54, 1.807) is 18.0 Å². The highest BCUT2D eigenvalue weighted by Crippen LogP contribution is 2.19. The molecular formula is C16H20FN3S. The lowest BCUT2D eigenvalue weighted by Crippen LogP contribution is -2.34. The first kappa shape index (κ1) is 15.7. The van der Waals surface area contributed by atoms with E-state index in [2.05, 4.69) is 28.6 Å². The first-order valence-electron chi connectivity index (χ1n) is 7.13. The number of anilines is 1. The van der Waals surface area contributed by atoms with Crippen LogP contribution in [0.25, 0.3) is 0 Å². The maximum absolute atomic E-state index is 13.1. The molecule has 2 heterocycles. The highest BCUT2D eigenvalue weighted by Gasteiger charge is 2.18. The Hall–Kier alpha value is -1.67. The van der Waals surface area contributed by atoms with Gasteiger partial charge >= 0.3 is 0 Å². The normalized spacial score (nSPS) is 16.5. The van der Waals surface area contributed by atoms with E-state index in [-0.39, 0.29) is 0 Å². The molecule has 112 valence electrons. The number of hydrogen-bond donors (Lipinski definition) is 1. The summed E-state index contributed by atoms with van der Waals surface area (Å²) >= 11 is 1.63. The second kappa shape index (κ2) is 7.94. The van der Waals surface area contributed by atoms with Crippen molar-refractivity contribution in [2.45, 2.75) is 25.9 Å². The fraction of sp³-hybridized carbons (Fsp3) is 0.438. The number of aromatic nitrogens is 1. The smallest absolute Gasteiger partial charge is 0.128 e. The summed E-state index contributed by atoms with van der Waals surface area (Å²) in [6.07, 6.45) is 2.24. The molecule has 0 aliphatic carbocycles. The van der Waals surface area contributed by atoms with Crippen LogP contribution in [0.2, 0.25) is 0 Å². The number of alkyl halides is 1. The Morgan fingerprint density at radius 2 is 2.29 bits per heavy atom. The number of thioether (sulfide) groups is 1.